The van der Waals surface area contributed by atoms with Gasteiger partial charge in [0.05, 0.1) is 5.71 Å². The molecule has 0 aromatic heterocycles. The number of nitrogens with two attached hydrogens (primary N) is 1. The summed E-state index contributed by atoms with van der Waals surface area (Å²) in [6.07, 6.45) is 2.37. The van der Waals surface area contributed by atoms with Crippen molar-refractivity contribution < 1.29 is 0 Å². The Balaban J connectivity index is 2.95. The molecule has 0 radical (unpaired) electrons. The largest absolute Gasteiger partial charge is 0.386 e. The zero-order chi connectivity index (χ0) is 11.1. The van der Waals surface area contributed by atoms with E-state index in [9.17, 15) is 0 Å². The van der Waals surface area contributed by atoms with E-state index in [0.29, 0.717) is 12.3 Å². The van der Waals surface area contributed by atoms with Crippen LogP contribution in [0.25, 0.3) is 0 Å². The first-order valence-corrected chi connectivity index (χ1v) is 4.85. The molecule has 0 aliphatic carbocycles. The molecule has 0 unspecified atom stereocenters. The summed E-state index contributed by atoms with van der Waals surface area (Å²) in [7, 11) is 0. The predicted octanol–water partition coefficient (Wildman–Crippen LogP) is 2.34. The molecule has 0 spiro atoms. The Morgan fingerprint density at radius 1 is 1.33 bits per heavy atom. The first kappa shape index (κ1) is 11.2. The maximum absolute atomic E-state index is 5.56. The van der Waals surface area contributed by atoms with Crippen molar-refractivity contribution in [1.82, 2.24) is 0 Å². The van der Waals surface area contributed by atoms with Gasteiger partial charge >= 0.3 is 0 Å². The van der Waals surface area contributed by atoms with Gasteiger partial charge in [-0.05, 0) is 6.08 Å². The van der Waals surface area contributed by atoms with Crippen LogP contribution in [0.3, 0.4) is 0 Å². The van der Waals surface area contributed by atoms with Gasteiger partial charge in [0.15, 0.2) is 0 Å². The molecule has 3 nitrogen and oxygen atoms in total. The van der Waals surface area contributed by atoms with Gasteiger partial charge in [0.1, 0.15) is 5.84 Å². The molecule has 0 bridgehead atoms. The van der Waals surface area contributed by atoms with Gasteiger partial charge < -0.3 is 5.73 Å². The number of nitrogens with zero attached hydrogens (tertiary/aromatic N) is 2. The smallest absolute Gasteiger partial charge is 0.122 e. The van der Waals surface area contributed by atoms with Gasteiger partial charge in [0.25, 0.3) is 0 Å². The second kappa shape index (κ2) is 5.75. The van der Waals surface area contributed by atoms with E-state index in [1.165, 1.54) is 0 Å². The Kier molecular flexibility index (Phi) is 4.29. The van der Waals surface area contributed by atoms with Crippen LogP contribution in [0.1, 0.15) is 18.9 Å². The fourth-order valence-corrected chi connectivity index (χ4v) is 1.01. The van der Waals surface area contributed by atoms with Gasteiger partial charge in [0.2, 0.25) is 0 Å². The molecule has 0 aliphatic heterocycles. The van der Waals surface area contributed by atoms with Crippen molar-refractivity contribution in [3.05, 3.63) is 48.6 Å². The van der Waals surface area contributed by atoms with E-state index in [-0.39, 0.29) is 0 Å². The van der Waals surface area contributed by atoms with Crippen LogP contribution in [0.15, 0.2) is 53.2 Å². The molecule has 3 heteroatoms. The third kappa shape index (κ3) is 3.38. The van der Waals surface area contributed by atoms with Crippen molar-refractivity contribution in [2.45, 2.75) is 13.3 Å². The molecule has 0 saturated heterocycles. The number of hydrogen-bond donors (Lipinski definition) is 1. The van der Waals surface area contributed by atoms with E-state index in [1.807, 2.05) is 37.3 Å². The second-order valence-corrected chi connectivity index (χ2v) is 3.00. The molecule has 0 heterocycles. The molecule has 1 aromatic rings. The van der Waals surface area contributed by atoms with Crippen LogP contribution in [0, 0.1) is 0 Å². The maximum atomic E-state index is 5.56. The van der Waals surface area contributed by atoms with Crippen LogP contribution >= 0.6 is 0 Å². The highest BCUT2D eigenvalue weighted by atomic mass is 15.2. The Hall–Kier alpha value is -1.90. The lowest BCUT2D eigenvalue weighted by Gasteiger charge is -1.98. The fourth-order valence-electron chi connectivity index (χ4n) is 1.01. The quantitative estimate of drug-likeness (QED) is 0.453. The van der Waals surface area contributed by atoms with Gasteiger partial charge in [-0.1, -0.05) is 43.8 Å². The SMILES string of the molecule is C=C/C(=N\N=C(\N)CC)c1ccccc1. The Bertz CT molecular complexity index is 377. The van der Waals surface area contributed by atoms with Crippen LogP contribution in [-0.2, 0) is 0 Å². The summed E-state index contributed by atoms with van der Waals surface area (Å²) >= 11 is 0. The number of rotatable bonds is 4. The first-order chi connectivity index (χ1) is 7.27. The molecular formula is C12H15N3. The summed E-state index contributed by atoms with van der Waals surface area (Å²) in [6, 6.07) is 9.76. The maximum Gasteiger partial charge on any atom is 0.122 e. The highest BCUT2D eigenvalue weighted by Gasteiger charge is 1.96. The zero-order valence-electron chi connectivity index (χ0n) is 8.85. The number of allylic oxidation sites excluding steroid dienone is 1. The van der Waals surface area contributed by atoms with Gasteiger partial charge in [-0.25, -0.2) is 0 Å². The lowest BCUT2D eigenvalue weighted by atomic mass is 10.1. The summed E-state index contributed by atoms with van der Waals surface area (Å²) in [4.78, 5) is 0. The van der Waals surface area contributed by atoms with E-state index < -0.39 is 0 Å². The molecule has 15 heavy (non-hydrogen) atoms. The predicted molar refractivity (Wildman–Crippen MR) is 65.1 cm³/mol. The molecule has 0 saturated carbocycles. The average Bonchev–Trinajstić information content (AvgIpc) is 2.31. The van der Waals surface area contributed by atoms with E-state index in [2.05, 4.69) is 16.8 Å². The second-order valence-electron chi connectivity index (χ2n) is 3.00. The summed E-state index contributed by atoms with van der Waals surface area (Å²) < 4.78 is 0. The Morgan fingerprint density at radius 3 is 2.53 bits per heavy atom. The van der Waals surface area contributed by atoms with Crippen molar-refractivity contribution in [3.63, 3.8) is 0 Å². The molecule has 1 rings (SSSR count). The normalized spacial score (nSPS) is 12.6. The van der Waals surface area contributed by atoms with E-state index >= 15 is 0 Å². The Morgan fingerprint density at radius 2 is 2.00 bits per heavy atom. The summed E-state index contributed by atoms with van der Waals surface area (Å²) in [5.41, 5.74) is 7.28. The number of hydrogen-bond acceptors (Lipinski definition) is 2. The topological polar surface area (TPSA) is 50.7 Å². The molecule has 2 N–H and O–H groups in total. The van der Waals surface area contributed by atoms with E-state index in [0.717, 1.165) is 11.3 Å². The molecule has 0 aliphatic rings. The van der Waals surface area contributed by atoms with Crippen molar-refractivity contribution in [1.29, 1.82) is 0 Å². The molecule has 0 atom stereocenters. The molecule has 78 valence electrons. The van der Waals surface area contributed by atoms with Gasteiger partial charge in [0, 0.05) is 12.0 Å². The first-order valence-electron chi connectivity index (χ1n) is 4.85. The Labute approximate surface area is 90.0 Å². The summed E-state index contributed by atoms with van der Waals surface area (Å²) in [5.74, 6) is 0.519. The minimum atomic E-state index is 0.519. The van der Waals surface area contributed by atoms with E-state index in [1.54, 1.807) is 6.08 Å². The van der Waals surface area contributed by atoms with Crippen LogP contribution in [0.5, 0.6) is 0 Å². The van der Waals surface area contributed by atoms with Crippen molar-refractivity contribution in [3.8, 4) is 0 Å². The average molecular weight is 201 g/mol. The van der Waals surface area contributed by atoms with Crippen molar-refractivity contribution in [2.24, 2.45) is 15.9 Å². The molecule has 0 fully saturated rings. The molecule has 0 amide bonds. The van der Waals surface area contributed by atoms with Gasteiger partial charge in [-0.2, -0.15) is 0 Å². The summed E-state index contributed by atoms with van der Waals surface area (Å²) in [5, 5.41) is 7.95. The third-order valence-corrected chi connectivity index (χ3v) is 1.91. The molecular weight excluding hydrogens is 186 g/mol. The minimum Gasteiger partial charge on any atom is -0.386 e. The lowest BCUT2D eigenvalue weighted by Crippen LogP contribution is -2.09. The molecule has 1 aromatic carbocycles. The van der Waals surface area contributed by atoms with Crippen LogP contribution in [-0.4, -0.2) is 11.5 Å². The fraction of sp³-hybridized carbons (Fsp3) is 0.167. The van der Waals surface area contributed by atoms with Crippen LogP contribution in [0.4, 0.5) is 0 Å². The zero-order valence-corrected chi connectivity index (χ0v) is 8.85. The van der Waals surface area contributed by atoms with Crippen molar-refractivity contribution >= 4 is 11.5 Å². The van der Waals surface area contributed by atoms with Crippen molar-refractivity contribution in [2.75, 3.05) is 0 Å². The highest BCUT2D eigenvalue weighted by molar-refractivity contribution is 6.08. The van der Waals surface area contributed by atoms with Gasteiger partial charge in [-0.15, -0.1) is 10.2 Å². The monoisotopic (exact) mass is 201 g/mol. The van der Waals surface area contributed by atoms with Crippen LogP contribution < -0.4 is 5.73 Å². The lowest BCUT2D eigenvalue weighted by molar-refractivity contribution is 1.15. The highest BCUT2D eigenvalue weighted by Crippen LogP contribution is 2.02. The van der Waals surface area contributed by atoms with Crippen LogP contribution in [0.2, 0.25) is 0 Å². The summed E-state index contributed by atoms with van der Waals surface area (Å²) in [6.45, 7) is 5.64. The van der Waals surface area contributed by atoms with E-state index in [4.69, 9.17) is 5.73 Å². The third-order valence-electron chi connectivity index (χ3n) is 1.91. The standard InChI is InChI=1S/C12H15N3/c1-3-11(14-15-12(13)4-2)10-8-6-5-7-9-10/h3,5-9H,1,4H2,2H3,(H2,13,15)/b14-11+. The van der Waals surface area contributed by atoms with Gasteiger partial charge in [-0.3, -0.25) is 0 Å². The number of benzene rings is 1. The number of amidine groups is 1. The minimum absolute atomic E-state index is 0.519.